The van der Waals surface area contributed by atoms with Crippen molar-refractivity contribution < 1.29 is 23.7 Å². The molecule has 0 aliphatic heterocycles. The molecular formula is C67H68N4O5. The van der Waals surface area contributed by atoms with Crippen LogP contribution in [0, 0.1) is 41.5 Å². The molecule has 0 aliphatic rings. The molecule has 0 fully saturated rings. The molecule has 0 aliphatic carbocycles. The van der Waals surface area contributed by atoms with Crippen LogP contribution in [0.5, 0.6) is 28.7 Å². The van der Waals surface area contributed by atoms with Gasteiger partial charge in [-0.1, -0.05) is 19.1 Å². The number of ether oxygens (including phenoxy) is 5. The summed E-state index contributed by atoms with van der Waals surface area (Å²) in [6.45, 7) is 15.5. The smallest absolute Gasteiger partial charge is 0.119 e. The van der Waals surface area contributed by atoms with Crippen LogP contribution in [0.1, 0.15) is 45.9 Å². The van der Waals surface area contributed by atoms with E-state index in [-0.39, 0.29) is 0 Å². The highest BCUT2D eigenvalue weighted by molar-refractivity contribution is 5.91. The molecule has 9 heteroatoms. The Kier molecular flexibility index (Phi) is 15.6. The van der Waals surface area contributed by atoms with Gasteiger partial charge in [0.25, 0.3) is 0 Å². The predicted molar refractivity (Wildman–Crippen MR) is 316 cm³/mol. The number of hydrogen-bond acceptors (Lipinski definition) is 9. The van der Waals surface area contributed by atoms with E-state index in [9.17, 15) is 0 Å². The lowest BCUT2D eigenvalue weighted by molar-refractivity contribution is 0.414. The monoisotopic (exact) mass is 1010 g/mol. The summed E-state index contributed by atoms with van der Waals surface area (Å²) in [4.78, 5) is 9.42. The average molecular weight is 1010 g/mol. The van der Waals surface area contributed by atoms with Crippen LogP contribution in [0.3, 0.4) is 0 Å². The van der Waals surface area contributed by atoms with E-state index in [0.29, 0.717) is 0 Å². The molecule has 0 saturated heterocycles. The first kappa shape index (κ1) is 52.1. The van der Waals surface area contributed by atoms with Crippen molar-refractivity contribution in [2.75, 3.05) is 55.1 Å². The van der Waals surface area contributed by atoms with Gasteiger partial charge in [0.15, 0.2) is 0 Å². The van der Waals surface area contributed by atoms with Gasteiger partial charge < -0.3 is 43.3 Å². The first-order valence-electron chi connectivity index (χ1n) is 25.7. The molecule has 9 aromatic carbocycles. The zero-order chi connectivity index (χ0) is 53.6. The molecule has 9 rings (SSSR count). The minimum Gasteiger partial charge on any atom is -0.497 e. The van der Waals surface area contributed by atoms with Gasteiger partial charge in [0.2, 0.25) is 0 Å². The van der Waals surface area contributed by atoms with E-state index in [2.05, 4.69) is 189 Å². The van der Waals surface area contributed by atoms with E-state index >= 15 is 0 Å². The van der Waals surface area contributed by atoms with Gasteiger partial charge in [-0.3, -0.25) is 0 Å². The Balaban J connectivity index is 1.25. The molecule has 0 bridgehead atoms. The lowest BCUT2D eigenvalue weighted by Crippen LogP contribution is -2.18. The number of nitrogens with zero attached hydrogens (tertiary/aromatic N) is 4. The Morgan fingerprint density at radius 1 is 0.250 bits per heavy atom. The van der Waals surface area contributed by atoms with Gasteiger partial charge in [0.05, 0.1) is 35.5 Å². The normalized spacial score (nSPS) is 10.9. The van der Waals surface area contributed by atoms with Crippen molar-refractivity contribution in [3.63, 3.8) is 0 Å². The van der Waals surface area contributed by atoms with Gasteiger partial charge in [-0.25, -0.2) is 0 Å². The average Bonchev–Trinajstić information content (AvgIpc) is 3.45. The Morgan fingerprint density at radius 2 is 0.421 bits per heavy atom. The number of hydrogen-bond donors (Lipinski definition) is 0. The molecule has 0 unspecified atom stereocenters. The summed E-state index contributed by atoms with van der Waals surface area (Å²) in [5.41, 5.74) is 20.5. The maximum absolute atomic E-state index is 5.61. The van der Waals surface area contributed by atoms with E-state index in [1.54, 1.807) is 35.5 Å². The van der Waals surface area contributed by atoms with Crippen LogP contribution in [0.4, 0.5) is 68.2 Å². The third-order valence-electron chi connectivity index (χ3n) is 14.2. The first-order chi connectivity index (χ1) is 36.9. The van der Waals surface area contributed by atoms with Crippen LogP contribution in [0.2, 0.25) is 0 Å². The highest BCUT2D eigenvalue weighted by atomic mass is 16.5. The summed E-state index contributed by atoms with van der Waals surface area (Å²) in [6, 6.07) is 64.1. The first-order valence-corrected chi connectivity index (χ1v) is 25.7. The van der Waals surface area contributed by atoms with Crippen LogP contribution in [-0.2, 0) is 6.42 Å². The molecule has 0 aromatic heterocycles. The Labute approximate surface area is 449 Å². The van der Waals surface area contributed by atoms with Crippen LogP contribution in [0.15, 0.2) is 182 Å². The van der Waals surface area contributed by atoms with Gasteiger partial charge >= 0.3 is 0 Å². The van der Waals surface area contributed by atoms with Gasteiger partial charge in [0.1, 0.15) is 28.7 Å². The molecule has 0 atom stereocenters. The predicted octanol–water partition coefficient (Wildman–Crippen LogP) is 18.0. The van der Waals surface area contributed by atoms with Crippen molar-refractivity contribution in [1.82, 2.24) is 0 Å². The van der Waals surface area contributed by atoms with Crippen molar-refractivity contribution in [3.05, 3.63) is 221 Å². The van der Waals surface area contributed by atoms with Crippen LogP contribution >= 0.6 is 0 Å². The molecule has 0 heterocycles. The van der Waals surface area contributed by atoms with Gasteiger partial charge in [-0.15, -0.1) is 0 Å². The Morgan fingerprint density at radius 3 is 0.592 bits per heavy atom. The second-order valence-electron chi connectivity index (χ2n) is 19.1. The lowest BCUT2D eigenvalue weighted by atomic mass is 9.98. The summed E-state index contributed by atoms with van der Waals surface area (Å²) in [5, 5.41) is 0. The number of rotatable bonds is 18. The summed E-state index contributed by atoms with van der Waals surface area (Å²) in [5.74, 6) is 3.99. The van der Waals surface area contributed by atoms with Gasteiger partial charge in [-0.05, 0) is 257 Å². The third kappa shape index (κ3) is 10.6. The highest BCUT2D eigenvalue weighted by Gasteiger charge is 2.27. The fraction of sp³-hybridized carbons (Fsp3) is 0.194. The molecule has 0 amide bonds. The van der Waals surface area contributed by atoms with Crippen molar-refractivity contribution in [2.24, 2.45) is 0 Å². The number of methoxy groups -OCH3 is 5. The summed E-state index contributed by atoms with van der Waals surface area (Å²) in [6.07, 6.45) is 0.965. The quantitative estimate of drug-likeness (QED) is 0.0836. The number of aryl methyl sites for hydroxylation is 7. The van der Waals surface area contributed by atoms with Crippen molar-refractivity contribution >= 4 is 68.2 Å². The molecule has 9 aromatic rings. The molecular weight excluding hydrogens is 941 g/mol. The summed E-state index contributed by atoms with van der Waals surface area (Å²) >= 11 is 0. The number of benzene rings is 9. The highest BCUT2D eigenvalue weighted by Crippen LogP contribution is 2.49. The van der Waals surface area contributed by atoms with Crippen LogP contribution in [0.25, 0.3) is 0 Å². The summed E-state index contributed by atoms with van der Waals surface area (Å²) < 4.78 is 28.0. The molecule has 386 valence electrons. The lowest BCUT2D eigenvalue weighted by Gasteiger charge is -2.35. The van der Waals surface area contributed by atoms with E-state index in [0.717, 1.165) is 137 Å². The second kappa shape index (κ2) is 22.7. The summed E-state index contributed by atoms with van der Waals surface area (Å²) in [7, 11) is 8.49. The minimum atomic E-state index is 0.795. The molecule has 0 N–H and O–H groups in total. The SMILES string of the molecule is CCc1ccc(N(c2ccc(OC)cc2)c2cc(C)c(N(c3cc(C)c(N(c4ccc(OC)cc4)c4ccc(OC)cc4)cc3C)c3cc(C)c(N(c4ccc(OC)cc4)c4ccc(OC)cc4)cc3C)cc2C)cc1. The Hall–Kier alpha value is -8.82. The maximum atomic E-state index is 5.61. The van der Waals surface area contributed by atoms with Crippen LogP contribution in [-0.4, -0.2) is 35.5 Å². The molecule has 0 saturated carbocycles. The van der Waals surface area contributed by atoms with E-state index in [1.807, 2.05) is 60.7 Å². The third-order valence-corrected chi connectivity index (χ3v) is 14.2. The van der Waals surface area contributed by atoms with Crippen molar-refractivity contribution in [2.45, 2.75) is 54.9 Å². The zero-order valence-electron chi connectivity index (χ0n) is 45.9. The van der Waals surface area contributed by atoms with Crippen molar-refractivity contribution in [3.8, 4) is 28.7 Å². The van der Waals surface area contributed by atoms with Crippen LogP contribution < -0.4 is 43.3 Å². The topological polar surface area (TPSA) is 59.1 Å². The Bertz CT molecular complexity index is 2920. The molecule has 76 heavy (non-hydrogen) atoms. The largest absolute Gasteiger partial charge is 0.497 e. The fourth-order valence-corrected chi connectivity index (χ4v) is 10.0. The van der Waals surface area contributed by atoms with Gasteiger partial charge in [0, 0.05) is 68.2 Å². The van der Waals surface area contributed by atoms with Crippen molar-refractivity contribution in [1.29, 1.82) is 0 Å². The van der Waals surface area contributed by atoms with E-state index in [4.69, 9.17) is 23.7 Å². The van der Waals surface area contributed by atoms with E-state index in [1.165, 1.54) is 5.56 Å². The van der Waals surface area contributed by atoms with Gasteiger partial charge in [-0.2, -0.15) is 0 Å². The molecule has 0 spiro atoms. The molecule has 0 radical (unpaired) electrons. The fourth-order valence-electron chi connectivity index (χ4n) is 10.0. The second-order valence-corrected chi connectivity index (χ2v) is 19.1. The molecule has 9 nitrogen and oxygen atoms in total. The minimum absolute atomic E-state index is 0.795. The van der Waals surface area contributed by atoms with E-state index < -0.39 is 0 Å². The maximum Gasteiger partial charge on any atom is 0.119 e. The zero-order valence-corrected chi connectivity index (χ0v) is 45.9. The number of anilines is 12. The standard InChI is InChI=1S/C67H68N4O5/c1-13-50-14-16-51(17-15-50)68(52-18-28-57(72-8)29-19-52)62-38-47(5)65(41-44(62)2)71(66-42-45(3)63(39-48(66)6)69(53-20-30-58(73-9)31-21-53)54-22-32-59(74-10)33-23-54)67-43-46(4)64(40-49(67)7)70(55-24-34-60(75-11)35-25-55)56-26-36-61(76-12)37-27-56/h14-43H,13H2,1-12H3.